The second kappa shape index (κ2) is 11.0. The maximum absolute atomic E-state index is 12.9. The zero-order valence-corrected chi connectivity index (χ0v) is 19.6. The normalized spacial score (nSPS) is 14.5. The minimum absolute atomic E-state index is 0.00873. The number of amides is 2. The molecule has 0 aliphatic heterocycles. The summed E-state index contributed by atoms with van der Waals surface area (Å²) in [6, 6.07) is 16.1. The Morgan fingerprint density at radius 1 is 1.06 bits per heavy atom. The molecule has 0 saturated heterocycles. The van der Waals surface area contributed by atoms with Gasteiger partial charge < -0.3 is 25.2 Å². The molecule has 3 N–H and O–H groups in total. The summed E-state index contributed by atoms with van der Waals surface area (Å²) in [5.74, 6) is -1.65. The lowest BCUT2D eigenvalue weighted by Gasteiger charge is -2.31. The summed E-state index contributed by atoms with van der Waals surface area (Å²) >= 11 is 0. The molecule has 1 atom stereocenters. The molecule has 0 fully saturated rings. The van der Waals surface area contributed by atoms with Crippen molar-refractivity contribution in [2.45, 2.75) is 31.7 Å². The van der Waals surface area contributed by atoms with E-state index in [1.807, 2.05) is 36.4 Å². The molecular formula is C26H30N2O6. The Bertz CT molecular complexity index is 1050. The minimum atomic E-state index is -1.36. The average Bonchev–Trinajstić information content (AvgIpc) is 3.15. The molecule has 0 heterocycles. The molecule has 2 aromatic rings. The first kappa shape index (κ1) is 25.0. The van der Waals surface area contributed by atoms with Crippen molar-refractivity contribution < 1.29 is 29.0 Å². The van der Waals surface area contributed by atoms with Crippen LogP contribution in [-0.2, 0) is 19.1 Å². The number of methoxy groups -OCH3 is 1. The number of carbonyl (C=O) groups excluding carboxylic acids is 2. The first-order valence-electron chi connectivity index (χ1n) is 11.1. The summed E-state index contributed by atoms with van der Waals surface area (Å²) in [6.07, 6.45) is 0.910. The molecule has 0 saturated carbocycles. The first-order valence-corrected chi connectivity index (χ1v) is 11.1. The van der Waals surface area contributed by atoms with Crippen LogP contribution in [0.15, 0.2) is 60.2 Å². The summed E-state index contributed by atoms with van der Waals surface area (Å²) in [6.45, 7) is 3.25. The van der Waals surface area contributed by atoms with Crippen LogP contribution in [0.5, 0.6) is 0 Å². The van der Waals surface area contributed by atoms with E-state index in [-0.39, 0.29) is 37.7 Å². The molecular weight excluding hydrogens is 436 g/mol. The van der Waals surface area contributed by atoms with Crippen molar-refractivity contribution in [3.05, 3.63) is 71.3 Å². The standard InChI is InChI=1S/C26H30N2O6/c1-4-26(16-33-3,24(31)27-14-13-17(2)23(29)30)28-25(32)34-15-22-20-11-7-5-9-18(20)19-10-6-8-12-21(19)22/h5-13,22H,4,14-16H2,1-3H3,(H,27,31)(H,28,32)(H,29,30)/b17-13+. The molecule has 0 spiro atoms. The Hall–Kier alpha value is -3.65. The van der Waals surface area contributed by atoms with Crippen LogP contribution >= 0.6 is 0 Å². The number of carboxylic acids is 1. The highest BCUT2D eigenvalue weighted by Crippen LogP contribution is 2.44. The molecule has 8 nitrogen and oxygen atoms in total. The highest BCUT2D eigenvalue weighted by atomic mass is 16.5. The number of benzene rings is 2. The van der Waals surface area contributed by atoms with Crippen LogP contribution < -0.4 is 10.6 Å². The van der Waals surface area contributed by atoms with Crippen LogP contribution in [0.3, 0.4) is 0 Å². The topological polar surface area (TPSA) is 114 Å². The Morgan fingerprint density at radius 2 is 1.65 bits per heavy atom. The van der Waals surface area contributed by atoms with Crippen molar-refractivity contribution in [2.24, 2.45) is 0 Å². The van der Waals surface area contributed by atoms with Crippen LogP contribution in [0.4, 0.5) is 4.79 Å². The molecule has 0 radical (unpaired) electrons. The molecule has 2 aromatic carbocycles. The molecule has 8 heteroatoms. The molecule has 1 unspecified atom stereocenters. The van der Waals surface area contributed by atoms with Gasteiger partial charge in [0.05, 0.1) is 6.61 Å². The fraction of sp³-hybridized carbons (Fsp3) is 0.346. The van der Waals surface area contributed by atoms with E-state index in [9.17, 15) is 14.4 Å². The van der Waals surface area contributed by atoms with E-state index >= 15 is 0 Å². The van der Waals surface area contributed by atoms with Gasteiger partial charge in [-0.25, -0.2) is 9.59 Å². The van der Waals surface area contributed by atoms with E-state index in [2.05, 4.69) is 22.8 Å². The van der Waals surface area contributed by atoms with Crippen molar-refractivity contribution in [3.63, 3.8) is 0 Å². The van der Waals surface area contributed by atoms with E-state index < -0.39 is 23.5 Å². The minimum Gasteiger partial charge on any atom is -0.478 e. The van der Waals surface area contributed by atoms with Crippen molar-refractivity contribution in [2.75, 3.05) is 26.9 Å². The van der Waals surface area contributed by atoms with Crippen LogP contribution in [0.1, 0.15) is 37.3 Å². The number of nitrogens with one attached hydrogen (secondary N) is 2. The highest BCUT2D eigenvalue weighted by molar-refractivity contribution is 5.90. The van der Waals surface area contributed by atoms with Gasteiger partial charge in [-0.05, 0) is 35.6 Å². The highest BCUT2D eigenvalue weighted by Gasteiger charge is 2.39. The zero-order chi connectivity index (χ0) is 24.7. The van der Waals surface area contributed by atoms with Gasteiger partial charge in [0.2, 0.25) is 5.91 Å². The molecule has 1 aliphatic carbocycles. The van der Waals surface area contributed by atoms with Gasteiger partial charge >= 0.3 is 12.1 Å². The number of carbonyl (C=O) groups is 3. The fourth-order valence-corrected chi connectivity index (χ4v) is 4.14. The largest absolute Gasteiger partial charge is 0.478 e. The lowest BCUT2D eigenvalue weighted by molar-refractivity contribution is -0.133. The monoisotopic (exact) mass is 466 g/mol. The third-order valence-electron chi connectivity index (χ3n) is 6.12. The smallest absolute Gasteiger partial charge is 0.408 e. The fourth-order valence-electron chi connectivity index (χ4n) is 4.14. The Balaban J connectivity index is 1.69. The van der Waals surface area contributed by atoms with Gasteiger partial charge in [-0.15, -0.1) is 0 Å². The number of fused-ring (bicyclic) bond motifs is 3. The molecule has 1 aliphatic rings. The maximum atomic E-state index is 12.9. The Kier molecular flexibility index (Phi) is 8.07. The van der Waals surface area contributed by atoms with Gasteiger partial charge in [-0.1, -0.05) is 61.5 Å². The van der Waals surface area contributed by atoms with Gasteiger partial charge in [0.25, 0.3) is 0 Å². The summed E-state index contributed by atoms with van der Waals surface area (Å²) < 4.78 is 10.8. The van der Waals surface area contributed by atoms with E-state index in [1.165, 1.54) is 20.1 Å². The summed E-state index contributed by atoms with van der Waals surface area (Å²) in [5, 5.41) is 14.3. The lowest BCUT2D eigenvalue weighted by atomic mass is 9.96. The number of hydrogen-bond donors (Lipinski definition) is 3. The van der Waals surface area contributed by atoms with Gasteiger partial charge in [-0.3, -0.25) is 4.79 Å². The predicted molar refractivity (Wildman–Crippen MR) is 128 cm³/mol. The van der Waals surface area contributed by atoms with Gasteiger partial charge in [0, 0.05) is 25.1 Å². The second-order valence-corrected chi connectivity index (χ2v) is 8.22. The van der Waals surface area contributed by atoms with E-state index in [0.29, 0.717) is 0 Å². The lowest BCUT2D eigenvalue weighted by Crippen LogP contribution is -2.61. The number of aliphatic carboxylic acids is 1. The molecule has 3 rings (SSSR count). The summed E-state index contributed by atoms with van der Waals surface area (Å²) in [7, 11) is 1.44. The maximum Gasteiger partial charge on any atom is 0.408 e. The molecule has 0 aromatic heterocycles. The summed E-state index contributed by atoms with van der Waals surface area (Å²) in [5.41, 5.74) is 3.18. The van der Waals surface area contributed by atoms with Crippen molar-refractivity contribution in [3.8, 4) is 11.1 Å². The predicted octanol–water partition coefficient (Wildman–Crippen LogP) is 3.47. The number of hydrogen-bond acceptors (Lipinski definition) is 5. The van der Waals surface area contributed by atoms with Crippen molar-refractivity contribution in [1.82, 2.24) is 10.6 Å². The van der Waals surface area contributed by atoms with E-state index in [0.717, 1.165) is 22.3 Å². The van der Waals surface area contributed by atoms with E-state index in [4.69, 9.17) is 14.6 Å². The van der Waals surface area contributed by atoms with Crippen molar-refractivity contribution >= 4 is 18.0 Å². The molecule has 0 bridgehead atoms. The number of rotatable bonds is 10. The van der Waals surface area contributed by atoms with Gasteiger partial charge in [0.1, 0.15) is 12.1 Å². The third kappa shape index (κ3) is 5.28. The molecule has 2 amide bonds. The second-order valence-electron chi connectivity index (χ2n) is 8.22. The Morgan fingerprint density at radius 3 is 2.18 bits per heavy atom. The first-order chi connectivity index (χ1) is 16.3. The third-order valence-corrected chi connectivity index (χ3v) is 6.12. The van der Waals surface area contributed by atoms with E-state index in [1.54, 1.807) is 6.92 Å². The van der Waals surface area contributed by atoms with Crippen LogP contribution in [-0.4, -0.2) is 55.5 Å². The number of ether oxygens (including phenoxy) is 2. The molecule has 180 valence electrons. The number of carboxylic acid groups (broad SMARTS) is 1. The summed E-state index contributed by atoms with van der Waals surface area (Å²) in [4.78, 5) is 36.6. The van der Waals surface area contributed by atoms with Gasteiger partial charge in [-0.2, -0.15) is 0 Å². The number of alkyl carbamates (subject to hydrolysis) is 1. The van der Waals surface area contributed by atoms with Crippen LogP contribution in [0.25, 0.3) is 11.1 Å². The van der Waals surface area contributed by atoms with Crippen LogP contribution in [0.2, 0.25) is 0 Å². The SMILES string of the molecule is CCC(COC)(NC(=O)OCC1c2ccccc2-c2ccccc21)C(=O)NC/C=C(\C)C(=O)O. The van der Waals surface area contributed by atoms with Crippen LogP contribution in [0, 0.1) is 0 Å². The average molecular weight is 467 g/mol. The quantitative estimate of drug-likeness (QED) is 0.462. The zero-order valence-electron chi connectivity index (χ0n) is 19.6. The van der Waals surface area contributed by atoms with Gasteiger partial charge in [0.15, 0.2) is 0 Å². The van der Waals surface area contributed by atoms with Crippen molar-refractivity contribution in [1.29, 1.82) is 0 Å². The Labute approximate surface area is 199 Å². The molecule has 34 heavy (non-hydrogen) atoms.